The van der Waals surface area contributed by atoms with Gasteiger partial charge in [0.2, 0.25) is 0 Å². The number of hydrogen-bond donors (Lipinski definition) is 1. The molecule has 2 rings (SSSR count). The molecule has 2 nitrogen and oxygen atoms in total. The highest BCUT2D eigenvalue weighted by Gasteiger charge is 2.40. The summed E-state index contributed by atoms with van der Waals surface area (Å²) in [7, 11) is 2.22. The average Bonchev–Trinajstić information content (AvgIpc) is 2.49. The van der Waals surface area contributed by atoms with E-state index in [1.807, 2.05) is 27.7 Å². The predicted octanol–water partition coefficient (Wildman–Crippen LogP) is 2.74. The normalized spacial score (nSPS) is 23.8. The van der Waals surface area contributed by atoms with Gasteiger partial charge >= 0.3 is 0 Å². The molecule has 15 heavy (non-hydrogen) atoms. The Bertz CT molecular complexity index is 129. The third-order valence-electron chi connectivity index (χ3n) is 3.02. The highest BCUT2D eigenvalue weighted by atomic mass is 15.2. The lowest BCUT2D eigenvalue weighted by Crippen LogP contribution is -2.58. The van der Waals surface area contributed by atoms with Crippen molar-refractivity contribution in [1.82, 2.24) is 10.2 Å². The fourth-order valence-electron chi connectivity index (χ4n) is 2.56. The van der Waals surface area contributed by atoms with Gasteiger partial charge in [0.05, 0.1) is 0 Å². The van der Waals surface area contributed by atoms with Crippen LogP contribution in [-0.2, 0) is 0 Å². The molecule has 0 bridgehead atoms. The SMILES string of the molecule is CC.CC.CN1CC2(CCCCNC2)C1. The van der Waals surface area contributed by atoms with Crippen LogP contribution in [0.4, 0.5) is 0 Å². The first-order valence-corrected chi connectivity index (χ1v) is 6.70. The Morgan fingerprint density at radius 1 is 1.00 bits per heavy atom. The second-order valence-electron chi connectivity index (χ2n) is 4.31. The predicted molar refractivity (Wildman–Crippen MR) is 69.3 cm³/mol. The minimum atomic E-state index is 0.672. The van der Waals surface area contributed by atoms with Crippen LogP contribution in [0, 0.1) is 5.41 Å². The molecule has 0 atom stereocenters. The summed E-state index contributed by atoms with van der Waals surface area (Å²) in [5.74, 6) is 0. The Hall–Kier alpha value is -0.0800. The first-order chi connectivity index (χ1) is 7.31. The van der Waals surface area contributed by atoms with E-state index >= 15 is 0 Å². The van der Waals surface area contributed by atoms with Crippen molar-refractivity contribution in [3.05, 3.63) is 0 Å². The van der Waals surface area contributed by atoms with Crippen molar-refractivity contribution in [2.24, 2.45) is 5.41 Å². The second-order valence-corrected chi connectivity index (χ2v) is 4.31. The molecule has 0 aliphatic carbocycles. The molecule has 0 unspecified atom stereocenters. The van der Waals surface area contributed by atoms with Gasteiger partial charge in [-0.25, -0.2) is 0 Å². The van der Waals surface area contributed by atoms with Crippen LogP contribution in [0.25, 0.3) is 0 Å². The van der Waals surface area contributed by atoms with E-state index in [0.717, 1.165) is 0 Å². The molecular formula is C13H30N2. The van der Waals surface area contributed by atoms with E-state index in [2.05, 4.69) is 17.3 Å². The van der Waals surface area contributed by atoms with Crippen LogP contribution in [0.3, 0.4) is 0 Å². The fraction of sp³-hybridized carbons (Fsp3) is 1.00. The maximum Gasteiger partial charge on any atom is 0.00820 e. The summed E-state index contributed by atoms with van der Waals surface area (Å²) in [6.45, 7) is 13.1. The monoisotopic (exact) mass is 214 g/mol. The second kappa shape index (κ2) is 8.12. The number of nitrogens with zero attached hydrogens (tertiary/aromatic N) is 1. The van der Waals surface area contributed by atoms with Crippen molar-refractivity contribution in [1.29, 1.82) is 0 Å². The topological polar surface area (TPSA) is 15.3 Å². The van der Waals surface area contributed by atoms with Crippen molar-refractivity contribution in [2.45, 2.75) is 47.0 Å². The first-order valence-electron chi connectivity index (χ1n) is 6.70. The van der Waals surface area contributed by atoms with Crippen LogP contribution in [0.2, 0.25) is 0 Å². The quantitative estimate of drug-likeness (QED) is 0.667. The van der Waals surface area contributed by atoms with Gasteiger partial charge < -0.3 is 10.2 Å². The van der Waals surface area contributed by atoms with Gasteiger partial charge in [-0.2, -0.15) is 0 Å². The lowest BCUT2D eigenvalue weighted by molar-refractivity contribution is 0.0192. The van der Waals surface area contributed by atoms with E-state index in [1.165, 1.54) is 45.4 Å². The molecule has 2 heterocycles. The summed E-state index contributed by atoms with van der Waals surface area (Å²) >= 11 is 0. The van der Waals surface area contributed by atoms with Crippen LogP contribution in [0.1, 0.15) is 47.0 Å². The van der Waals surface area contributed by atoms with Crippen molar-refractivity contribution in [3.63, 3.8) is 0 Å². The third kappa shape index (κ3) is 4.52. The molecule has 2 fully saturated rings. The number of rotatable bonds is 0. The molecule has 2 aliphatic rings. The summed E-state index contributed by atoms with van der Waals surface area (Å²) in [5, 5.41) is 3.53. The standard InChI is InChI=1S/C9H18N2.2C2H6/c1-11-7-9(8-11)4-2-3-5-10-6-9;2*1-2/h10H,2-8H2,1H3;2*1-2H3. The zero-order valence-corrected chi connectivity index (χ0v) is 11.4. The maximum atomic E-state index is 3.53. The zero-order valence-electron chi connectivity index (χ0n) is 11.4. The molecule has 0 amide bonds. The Morgan fingerprint density at radius 2 is 1.60 bits per heavy atom. The lowest BCUT2D eigenvalue weighted by atomic mass is 9.76. The van der Waals surface area contributed by atoms with E-state index in [1.54, 1.807) is 0 Å². The first kappa shape index (κ1) is 14.9. The Morgan fingerprint density at radius 3 is 2.13 bits per heavy atom. The van der Waals surface area contributed by atoms with Gasteiger partial charge in [-0.1, -0.05) is 34.1 Å². The molecular weight excluding hydrogens is 184 g/mol. The third-order valence-corrected chi connectivity index (χ3v) is 3.02. The molecule has 0 aromatic rings. The maximum absolute atomic E-state index is 3.53. The molecule has 2 aliphatic heterocycles. The number of likely N-dealkylation sites (tertiary alicyclic amines) is 1. The van der Waals surface area contributed by atoms with Gasteiger partial charge in [-0.15, -0.1) is 0 Å². The molecule has 0 aromatic carbocycles. The Labute approximate surface area is 96.4 Å². The summed E-state index contributed by atoms with van der Waals surface area (Å²) in [5.41, 5.74) is 0.672. The summed E-state index contributed by atoms with van der Waals surface area (Å²) in [6, 6.07) is 0. The number of nitrogens with one attached hydrogen (secondary N) is 1. The highest BCUT2D eigenvalue weighted by molar-refractivity contribution is 4.95. The van der Waals surface area contributed by atoms with E-state index in [9.17, 15) is 0 Å². The molecule has 0 aromatic heterocycles. The van der Waals surface area contributed by atoms with Gasteiger partial charge in [0, 0.05) is 25.0 Å². The smallest absolute Gasteiger partial charge is 0.00820 e. The van der Waals surface area contributed by atoms with E-state index in [4.69, 9.17) is 0 Å². The largest absolute Gasteiger partial charge is 0.316 e. The van der Waals surface area contributed by atoms with Crippen LogP contribution in [-0.4, -0.2) is 38.1 Å². The summed E-state index contributed by atoms with van der Waals surface area (Å²) < 4.78 is 0. The van der Waals surface area contributed by atoms with Crippen LogP contribution >= 0.6 is 0 Å². The van der Waals surface area contributed by atoms with Gasteiger partial charge in [0.25, 0.3) is 0 Å². The van der Waals surface area contributed by atoms with Gasteiger partial charge in [-0.3, -0.25) is 0 Å². The number of hydrogen-bond acceptors (Lipinski definition) is 2. The summed E-state index contributed by atoms with van der Waals surface area (Å²) in [4.78, 5) is 2.42. The van der Waals surface area contributed by atoms with Crippen LogP contribution in [0.15, 0.2) is 0 Å². The van der Waals surface area contributed by atoms with Crippen molar-refractivity contribution in [2.75, 3.05) is 33.2 Å². The van der Waals surface area contributed by atoms with E-state index in [0.29, 0.717) is 5.41 Å². The van der Waals surface area contributed by atoms with Gasteiger partial charge in [-0.05, 0) is 26.4 Å². The van der Waals surface area contributed by atoms with Crippen molar-refractivity contribution < 1.29 is 0 Å². The highest BCUT2D eigenvalue weighted by Crippen LogP contribution is 2.34. The Balaban J connectivity index is 0.000000442. The van der Waals surface area contributed by atoms with Gasteiger partial charge in [0.1, 0.15) is 0 Å². The fourth-order valence-corrected chi connectivity index (χ4v) is 2.56. The molecule has 2 heteroatoms. The summed E-state index contributed by atoms with van der Waals surface area (Å²) in [6.07, 6.45) is 4.26. The molecule has 1 spiro atoms. The zero-order chi connectivity index (χ0) is 11.7. The minimum Gasteiger partial charge on any atom is -0.316 e. The molecule has 1 N–H and O–H groups in total. The van der Waals surface area contributed by atoms with E-state index < -0.39 is 0 Å². The Kier molecular flexibility index (Phi) is 8.07. The van der Waals surface area contributed by atoms with Crippen molar-refractivity contribution >= 4 is 0 Å². The van der Waals surface area contributed by atoms with Crippen LogP contribution in [0.5, 0.6) is 0 Å². The van der Waals surface area contributed by atoms with E-state index in [-0.39, 0.29) is 0 Å². The molecule has 0 saturated carbocycles. The molecule has 0 radical (unpaired) electrons. The van der Waals surface area contributed by atoms with Gasteiger partial charge in [0.15, 0.2) is 0 Å². The molecule has 2 saturated heterocycles. The van der Waals surface area contributed by atoms with Crippen molar-refractivity contribution in [3.8, 4) is 0 Å². The van der Waals surface area contributed by atoms with Crippen LogP contribution < -0.4 is 5.32 Å². The minimum absolute atomic E-state index is 0.672. The average molecular weight is 214 g/mol. The molecule has 92 valence electrons. The lowest BCUT2D eigenvalue weighted by Gasteiger charge is -2.48.